The molecule has 2 rings (SSSR count). The molecule has 0 saturated carbocycles. The molecule has 0 unspecified atom stereocenters. The molecule has 1 atom stereocenters. The van der Waals surface area contributed by atoms with Gasteiger partial charge in [0.2, 0.25) is 0 Å². The van der Waals surface area contributed by atoms with Crippen LogP contribution in [0.15, 0.2) is 48.5 Å². The van der Waals surface area contributed by atoms with Crippen molar-refractivity contribution in [3.8, 4) is 0 Å². The van der Waals surface area contributed by atoms with Gasteiger partial charge in [-0.1, -0.05) is 41.9 Å². The summed E-state index contributed by atoms with van der Waals surface area (Å²) in [6.07, 6.45) is 0.631. The second-order valence-corrected chi connectivity index (χ2v) is 6.04. The maximum absolute atomic E-state index is 13.2. The fourth-order valence-electron chi connectivity index (χ4n) is 2.49. The highest BCUT2D eigenvalue weighted by Crippen LogP contribution is 2.23. The predicted octanol–water partition coefficient (Wildman–Crippen LogP) is 4.50. The first-order chi connectivity index (χ1) is 10.5. The van der Waals surface area contributed by atoms with Gasteiger partial charge in [-0.25, -0.2) is 4.39 Å². The first-order valence-corrected chi connectivity index (χ1v) is 7.53. The Hall–Kier alpha value is -1.42. The Bertz CT molecular complexity index is 647. The molecule has 0 fully saturated rings. The fraction of sp³-hybridized carbons (Fsp3) is 0.278. The first kappa shape index (κ1) is 19.6. The number of halogens is 3. The van der Waals surface area contributed by atoms with Crippen LogP contribution in [0.1, 0.15) is 15.9 Å². The van der Waals surface area contributed by atoms with Crippen LogP contribution < -0.4 is 0 Å². The third-order valence-electron chi connectivity index (χ3n) is 3.48. The number of nitrogens with zero attached hydrogens (tertiary/aromatic N) is 1. The summed E-state index contributed by atoms with van der Waals surface area (Å²) >= 11 is 6.03. The van der Waals surface area contributed by atoms with Crippen LogP contribution in [-0.2, 0) is 6.42 Å². The van der Waals surface area contributed by atoms with Crippen LogP contribution >= 0.6 is 24.0 Å². The zero-order valence-electron chi connectivity index (χ0n) is 13.1. The molecule has 124 valence electrons. The molecule has 0 radical (unpaired) electrons. The lowest BCUT2D eigenvalue weighted by Gasteiger charge is -2.20. The number of carbonyl (C=O) groups excluding carboxylic acids is 1. The molecule has 0 bridgehead atoms. The van der Waals surface area contributed by atoms with Crippen molar-refractivity contribution in [2.75, 3.05) is 20.6 Å². The SMILES string of the molecule is CN(C)C[C@H](Cc1ccccc1)C(=O)c1ccc(F)cc1Cl.Cl. The Balaban J connectivity index is 0.00000264. The summed E-state index contributed by atoms with van der Waals surface area (Å²) in [6.45, 7) is 0.613. The molecule has 0 aromatic heterocycles. The topological polar surface area (TPSA) is 20.3 Å². The summed E-state index contributed by atoms with van der Waals surface area (Å²) in [4.78, 5) is 14.8. The van der Waals surface area contributed by atoms with Crippen molar-refractivity contribution in [1.29, 1.82) is 0 Å². The summed E-state index contributed by atoms with van der Waals surface area (Å²) in [6, 6.07) is 13.8. The minimum atomic E-state index is -0.436. The lowest BCUT2D eigenvalue weighted by atomic mass is 9.91. The number of hydrogen-bond acceptors (Lipinski definition) is 2. The van der Waals surface area contributed by atoms with Crippen molar-refractivity contribution in [2.45, 2.75) is 6.42 Å². The summed E-state index contributed by atoms with van der Waals surface area (Å²) in [5.41, 5.74) is 1.48. The largest absolute Gasteiger partial charge is 0.309 e. The molecule has 0 aliphatic carbocycles. The molecule has 0 amide bonds. The van der Waals surface area contributed by atoms with Gasteiger partial charge in [-0.05, 0) is 44.3 Å². The van der Waals surface area contributed by atoms with Crippen LogP contribution in [0, 0.1) is 11.7 Å². The van der Waals surface area contributed by atoms with E-state index in [-0.39, 0.29) is 29.1 Å². The lowest BCUT2D eigenvalue weighted by Crippen LogP contribution is -2.30. The smallest absolute Gasteiger partial charge is 0.169 e. The van der Waals surface area contributed by atoms with Gasteiger partial charge in [0, 0.05) is 18.0 Å². The van der Waals surface area contributed by atoms with Gasteiger partial charge in [0.05, 0.1) is 5.02 Å². The maximum Gasteiger partial charge on any atom is 0.169 e. The van der Waals surface area contributed by atoms with Crippen molar-refractivity contribution in [3.63, 3.8) is 0 Å². The fourth-order valence-corrected chi connectivity index (χ4v) is 2.75. The third-order valence-corrected chi connectivity index (χ3v) is 3.79. The van der Waals surface area contributed by atoms with Crippen molar-refractivity contribution >= 4 is 29.8 Å². The van der Waals surface area contributed by atoms with Gasteiger partial charge in [0.1, 0.15) is 5.82 Å². The normalized spacial score (nSPS) is 11.9. The number of Topliss-reactive ketones (excluding diaryl/α,β-unsaturated/α-hetero) is 1. The zero-order valence-corrected chi connectivity index (χ0v) is 14.7. The molecule has 5 heteroatoms. The number of rotatable bonds is 6. The van der Waals surface area contributed by atoms with E-state index < -0.39 is 5.82 Å². The average Bonchev–Trinajstić information content (AvgIpc) is 2.46. The highest BCUT2D eigenvalue weighted by molar-refractivity contribution is 6.34. The molecule has 0 saturated heterocycles. The molecular formula is C18H20Cl2FNO. The van der Waals surface area contributed by atoms with Gasteiger partial charge in [0.15, 0.2) is 5.78 Å². The van der Waals surface area contributed by atoms with Gasteiger partial charge in [-0.15, -0.1) is 12.4 Å². The van der Waals surface area contributed by atoms with E-state index in [4.69, 9.17) is 11.6 Å². The molecule has 0 N–H and O–H groups in total. The van der Waals surface area contributed by atoms with E-state index in [2.05, 4.69) is 0 Å². The van der Waals surface area contributed by atoms with E-state index in [1.165, 1.54) is 18.2 Å². The van der Waals surface area contributed by atoms with E-state index in [1.54, 1.807) is 0 Å². The molecule has 0 spiro atoms. The van der Waals surface area contributed by atoms with E-state index in [0.717, 1.165) is 5.56 Å². The van der Waals surface area contributed by atoms with Crippen LogP contribution in [0.2, 0.25) is 5.02 Å². The molecule has 2 nitrogen and oxygen atoms in total. The van der Waals surface area contributed by atoms with Gasteiger partial charge < -0.3 is 4.90 Å². The number of benzene rings is 2. The van der Waals surface area contributed by atoms with E-state index >= 15 is 0 Å². The van der Waals surface area contributed by atoms with E-state index in [1.807, 2.05) is 49.3 Å². The minimum Gasteiger partial charge on any atom is -0.309 e. The average molecular weight is 356 g/mol. The van der Waals surface area contributed by atoms with Gasteiger partial charge >= 0.3 is 0 Å². The van der Waals surface area contributed by atoms with Crippen molar-refractivity contribution in [3.05, 3.63) is 70.5 Å². The number of carbonyl (C=O) groups is 1. The second kappa shape index (κ2) is 9.02. The lowest BCUT2D eigenvalue weighted by molar-refractivity contribution is 0.0897. The highest BCUT2D eigenvalue weighted by atomic mass is 35.5. The Morgan fingerprint density at radius 3 is 2.39 bits per heavy atom. The Labute approximate surface area is 147 Å². The van der Waals surface area contributed by atoms with Gasteiger partial charge in [0.25, 0.3) is 0 Å². The van der Waals surface area contributed by atoms with Crippen LogP contribution in [0.5, 0.6) is 0 Å². The summed E-state index contributed by atoms with van der Waals surface area (Å²) in [7, 11) is 3.86. The van der Waals surface area contributed by atoms with Crippen molar-refractivity contribution < 1.29 is 9.18 Å². The maximum atomic E-state index is 13.2. The standard InChI is InChI=1S/C18H19ClFNO.ClH/c1-21(2)12-14(10-13-6-4-3-5-7-13)18(22)16-9-8-15(20)11-17(16)19;/h3-9,11,14H,10,12H2,1-2H3;1H/t14-;/m0./s1. The predicted molar refractivity (Wildman–Crippen MR) is 95.2 cm³/mol. The van der Waals surface area contributed by atoms with Crippen LogP contribution in [0.25, 0.3) is 0 Å². The monoisotopic (exact) mass is 355 g/mol. The van der Waals surface area contributed by atoms with Crippen molar-refractivity contribution in [2.24, 2.45) is 5.92 Å². The summed E-state index contributed by atoms with van der Waals surface area (Å²) in [5.74, 6) is -0.711. The molecule has 0 aliphatic heterocycles. The minimum absolute atomic E-state index is 0. The van der Waals surface area contributed by atoms with Crippen molar-refractivity contribution in [1.82, 2.24) is 4.90 Å². The van der Waals surface area contributed by atoms with Crippen LogP contribution in [-0.4, -0.2) is 31.3 Å². The summed E-state index contributed by atoms with van der Waals surface area (Å²) < 4.78 is 13.2. The Kier molecular flexibility index (Phi) is 7.69. The molecule has 23 heavy (non-hydrogen) atoms. The molecular weight excluding hydrogens is 336 g/mol. The summed E-state index contributed by atoms with van der Waals surface area (Å²) in [5, 5.41) is 0.168. The Morgan fingerprint density at radius 2 is 1.83 bits per heavy atom. The van der Waals surface area contributed by atoms with Crippen LogP contribution in [0.3, 0.4) is 0 Å². The highest BCUT2D eigenvalue weighted by Gasteiger charge is 2.23. The van der Waals surface area contributed by atoms with E-state index in [9.17, 15) is 9.18 Å². The Morgan fingerprint density at radius 1 is 1.17 bits per heavy atom. The molecule has 0 aliphatic rings. The van der Waals surface area contributed by atoms with Gasteiger partial charge in [-0.3, -0.25) is 4.79 Å². The number of hydrogen-bond donors (Lipinski definition) is 0. The molecule has 0 heterocycles. The zero-order chi connectivity index (χ0) is 16.1. The third kappa shape index (κ3) is 5.61. The molecule has 2 aromatic rings. The first-order valence-electron chi connectivity index (χ1n) is 7.15. The van der Waals surface area contributed by atoms with Gasteiger partial charge in [-0.2, -0.15) is 0 Å². The van der Waals surface area contributed by atoms with Crippen LogP contribution in [0.4, 0.5) is 4.39 Å². The molecule has 2 aromatic carbocycles. The second-order valence-electron chi connectivity index (χ2n) is 5.64. The number of ketones is 1. The quantitative estimate of drug-likeness (QED) is 0.710. The van der Waals surface area contributed by atoms with E-state index in [0.29, 0.717) is 18.5 Å².